The van der Waals surface area contributed by atoms with Crippen molar-refractivity contribution in [2.75, 3.05) is 29.1 Å². The first kappa shape index (κ1) is 18.2. The highest BCUT2D eigenvalue weighted by Gasteiger charge is 2.15. The van der Waals surface area contributed by atoms with Crippen molar-refractivity contribution in [1.29, 1.82) is 0 Å². The molecule has 1 heterocycles. The highest BCUT2D eigenvalue weighted by Crippen LogP contribution is 2.25. The first-order valence-corrected chi connectivity index (χ1v) is 9.70. The Morgan fingerprint density at radius 2 is 1.77 bits per heavy atom. The summed E-state index contributed by atoms with van der Waals surface area (Å²) in [4.78, 5) is 23.6. The Morgan fingerprint density at radius 3 is 2.50 bits per heavy atom. The summed E-state index contributed by atoms with van der Waals surface area (Å²) < 4.78 is 0. The van der Waals surface area contributed by atoms with Gasteiger partial charge in [-0.15, -0.1) is 0 Å². The van der Waals surface area contributed by atoms with Crippen LogP contribution in [-0.4, -0.2) is 34.7 Å². The molecule has 0 aliphatic rings. The van der Waals surface area contributed by atoms with Crippen molar-refractivity contribution in [3.63, 3.8) is 0 Å². The number of rotatable bonds is 7. The largest absolute Gasteiger partial charge is 0.370 e. The minimum absolute atomic E-state index is 0.0467. The molecule has 6 heteroatoms. The third kappa shape index (κ3) is 4.14. The standard InChI is InChI=1S/C20H22N4OS/c1-3-21-19-16-12-8-9-13-17(16)22-20(23-19)26-14-18(25)24(4-2)15-10-6-5-7-11-15/h5-13H,3-4,14H2,1-2H3,(H,21,22,23). The van der Waals surface area contributed by atoms with Crippen molar-refractivity contribution in [3.8, 4) is 0 Å². The molecule has 1 N–H and O–H groups in total. The monoisotopic (exact) mass is 366 g/mol. The first-order valence-electron chi connectivity index (χ1n) is 8.71. The molecule has 26 heavy (non-hydrogen) atoms. The SMILES string of the molecule is CCNc1nc(SCC(=O)N(CC)c2ccccc2)nc2ccccc12. The van der Waals surface area contributed by atoms with E-state index in [9.17, 15) is 4.79 Å². The van der Waals surface area contributed by atoms with Gasteiger partial charge >= 0.3 is 0 Å². The molecule has 2 aromatic carbocycles. The van der Waals surface area contributed by atoms with E-state index in [2.05, 4.69) is 15.3 Å². The fourth-order valence-electron chi connectivity index (χ4n) is 2.74. The normalized spacial score (nSPS) is 10.7. The Balaban J connectivity index is 1.77. The highest BCUT2D eigenvalue weighted by molar-refractivity contribution is 7.99. The third-order valence-electron chi connectivity index (χ3n) is 3.94. The number of anilines is 2. The summed E-state index contributed by atoms with van der Waals surface area (Å²) in [6.07, 6.45) is 0. The molecule has 0 spiro atoms. The maximum atomic E-state index is 12.7. The van der Waals surface area contributed by atoms with E-state index in [0.717, 1.165) is 29.0 Å². The van der Waals surface area contributed by atoms with E-state index in [1.807, 2.05) is 68.4 Å². The summed E-state index contributed by atoms with van der Waals surface area (Å²) in [7, 11) is 0. The zero-order valence-corrected chi connectivity index (χ0v) is 15.8. The number of amides is 1. The van der Waals surface area contributed by atoms with Crippen molar-refractivity contribution in [2.24, 2.45) is 0 Å². The smallest absolute Gasteiger partial charge is 0.237 e. The fraction of sp³-hybridized carbons (Fsp3) is 0.250. The van der Waals surface area contributed by atoms with E-state index in [-0.39, 0.29) is 5.91 Å². The molecule has 5 nitrogen and oxygen atoms in total. The maximum absolute atomic E-state index is 12.7. The Bertz CT molecular complexity index is 885. The van der Waals surface area contributed by atoms with E-state index in [4.69, 9.17) is 0 Å². The van der Waals surface area contributed by atoms with Gasteiger partial charge in [0.2, 0.25) is 5.91 Å². The van der Waals surface area contributed by atoms with Gasteiger partial charge in [-0.3, -0.25) is 4.79 Å². The van der Waals surface area contributed by atoms with E-state index in [1.165, 1.54) is 11.8 Å². The topological polar surface area (TPSA) is 58.1 Å². The van der Waals surface area contributed by atoms with Gasteiger partial charge in [-0.05, 0) is 38.1 Å². The van der Waals surface area contributed by atoms with Gasteiger partial charge in [0.1, 0.15) is 5.82 Å². The molecule has 3 aromatic rings. The lowest BCUT2D eigenvalue weighted by molar-refractivity contribution is -0.116. The summed E-state index contributed by atoms with van der Waals surface area (Å²) in [5.74, 6) is 1.15. The zero-order chi connectivity index (χ0) is 18.4. The second-order valence-corrected chi connectivity index (χ2v) is 6.61. The van der Waals surface area contributed by atoms with Gasteiger partial charge in [0, 0.05) is 24.2 Å². The van der Waals surface area contributed by atoms with Crippen LogP contribution in [0.5, 0.6) is 0 Å². The lowest BCUT2D eigenvalue weighted by Gasteiger charge is -2.20. The van der Waals surface area contributed by atoms with Gasteiger partial charge in [0.25, 0.3) is 0 Å². The van der Waals surface area contributed by atoms with E-state index >= 15 is 0 Å². The van der Waals surface area contributed by atoms with Crippen molar-refractivity contribution in [2.45, 2.75) is 19.0 Å². The van der Waals surface area contributed by atoms with Gasteiger partial charge in [-0.25, -0.2) is 9.97 Å². The Morgan fingerprint density at radius 1 is 1.04 bits per heavy atom. The van der Waals surface area contributed by atoms with Crippen molar-refractivity contribution < 1.29 is 4.79 Å². The van der Waals surface area contributed by atoms with Crippen LogP contribution in [0.15, 0.2) is 59.8 Å². The molecule has 0 fully saturated rings. The summed E-state index contributed by atoms with van der Waals surface area (Å²) >= 11 is 1.37. The molecule has 0 atom stereocenters. The average molecular weight is 366 g/mol. The lowest BCUT2D eigenvalue weighted by Crippen LogP contribution is -2.32. The Kier molecular flexibility index (Phi) is 6.07. The van der Waals surface area contributed by atoms with Crippen LogP contribution in [0.2, 0.25) is 0 Å². The number of fused-ring (bicyclic) bond motifs is 1. The molecule has 3 rings (SSSR count). The highest BCUT2D eigenvalue weighted by atomic mass is 32.2. The number of hydrogen-bond acceptors (Lipinski definition) is 5. The number of aromatic nitrogens is 2. The molecular formula is C20H22N4OS. The van der Waals surface area contributed by atoms with E-state index < -0.39 is 0 Å². The molecule has 1 aromatic heterocycles. The Labute approximate surface area is 157 Å². The molecule has 0 radical (unpaired) electrons. The summed E-state index contributed by atoms with van der Waals surface area (Å²) in [5.41, 5.74) is 1.79. The lowest BCUT2D eigenvalue weighted by atomic mass is 10.2. The minimum atomic E-state index is 0.0467. The zero-order valence-electron chi connectivity index (χ0n) is 15.0. The number of thioether (sulfide) groups is 1. The van der Waals surface area contributed by atoms with E-state index in [1.54, 1.807) is 4.90 Å². The second-order valence-electron chi connectivity index (χ2n) is 5.66. The second kappa shape index (κ2) is 8.67. The van der Waals surface area contributed by atoms with Crippen LogP contribution in [0.3, 0.4) is 0 Å². The van der Waals surface area contributed by atoms with Crippen LogP contribution in [0.25, 0.3) is 10.9 Å². The average Bonchev–Trinajstić information content (AvgIpc) is 2.68. The minimum Gasteiger partial charge on any atom is -0.370 e. The van der Waals surface area contributed by atoms with Gasteiger partial charge in [0.15, 0.2) is 5.16 Å². The van der Waals surface area contributed by atoms with Gasteiger partial charge in [0.05, 0.1) is 11.3 Å². The fourth-order valence-corrected chi connectivity index (χ4v) is 3.46. The number of carbonyl (C=O) groups excluding carboxylic acids is 1. The van der Waals surface area contributed by atoms with Crippen molar-refractivity contribution in [1.82, 2.24) is 9.97 Å². The summed E-state index contributed by atoms with van der Waals surface area (Å²) in [6.45, 7) is 5.42. The predicted molar refractivity (Wildman–Crippen MR) is 109 cm³/mol. The number of nitrogens with zero attached hydrogens (tertiary/aromatic N) is 3. The number of benzene rings is 2. The van der Waals surface area contributed by atoms with E-state index in [0.29, 0.717) is 17.5 Å². The van der Waals surface area contributed by atoms with Crippen molar-refractivity contribution >= 4 is 40.1 Å². The number of hydrogen-bond donors (Lipinski definition) is 1. The van der Waals surface area contributed by atoms with Crippen LogP contribution < -0.4 is 10.2 Å². The summed E-state index contributed by atoms with van der Waals surface area (Å²) in [6, 6.07) is 17.6. The van der Waals surface area contributed by atoms with Crippen LogP contribution in [0, 0.1) is 0 Å². The molecular weight excluding hydrogens is 344 g/mol. The van der Waals surface area contributed by atoms with Crippen LogP contribution in [0.4, 0.5) is 11.5 Å². The maximum Gasteiger partial charge on any atom is 0.237 e. The van der Waals surface area contributed by atoms with Gasteiger partial charge in [-0.2, -0.15) is 0 Å². The molecule has 0 unspecified atom stereocenters. The third-order valence-corrected chi connectivity index (χ3v) is 4.77. The van der Waals surface area contributed by atoms with Crippen LogP contribution in [-0.2, 0) is 4.79 Å². The molecule has 0 saturated carbocycles. The van der Waals surface area contributed by atoms with Gasteiger partial charge in [-0.1, -0.05) is 42.1 Å². The summed E-state index contributed by atoms with van der Waals surface area (Å²) in [5, 5.41) is 4.88. The molecule has 0 aliphatic carbocycles. The van der Waals surface area contributed by atoms with Gasteiger partial charge < -0.3 is 10.2 Å². The van der Waals surface area contributed by atoms with Crippen LogP contribution >= 0.6 is 11.8 Å². The molecule has 0 saturated heterocycles. The molecule has 134 valence electrons. The molecule has 1 amide bonds. The quantitative estimate of drug-likeness (QED) is 0.501. The molecule has 0 bridgehead atoms. The number of carbonyl (C=O) groups is 1. The molecule has 0 aliphatic heterocycles. The number of nitrogens with one attached hydrogen (secondary N) is 1. The van der Waals surface area contributed by atoms with Crippen molar-refractivity contribution in [3.05, 3.63) is 54.6 Å². The Hall–Kier alpha value is -2.60. The number of para-hydroxylation sites is 2. The van der Waals surface area contributed by atoms with Crippen LogP contribution in [0.1, 0.15) is 13.8 Å². The predicted octanol–water partition coefficient (Wildman–Crippen LogP) is 4.21. The first-order chi connectivity index (χ1) is 12.7.